The number of rotatable bonds is 5. The molecular weight excluding hydrogens is 346 g/mol. The Morgan fingerprint density at radius 1 is 1.19 bits per heavy atom. The highest BCUT2D eigenvalue weighted by Gasteiger charge is 2.25. The number of esters is 1. The molecule has 0 bridgehead atoms. The van der Waals surface area contributed by atoms with Gasteiger partial charge in [0.05, 0.1) is 18.0 Å². The van der Waals surface area contributed by atoms with Gasteiger partial charge in [-0.1, -0.05) is 37.5 Å². The van der Waals surface area contributed by atoms with E-state index in [1.165, 1.54) is 6.07 Å². The first-order valence-electron chi connectivity index (χ1n) is 9.28. The van der Waals surface area contributed by atoms with Crippen molar-refractivity contribution in [2.45, 2.75) is 39.0 Å². The Bertz CT molecular complexity index is 871. The molecule has 1 saturated carbocycles. The maximum atomic E-state index is 12.6. The number of nitrogens with one attached hydrogen (secondary N) is 1. The lowest BCUT2D eigenvalue weighted by atomic mass is 9.88. The van der Waals surface area contributed by atoms with E-state index in [2.05, 4.69) is 10.4 Å². The van der Waals surface area contributed by atoms with Crippen molar-refractivity contribution in [1.29, 1.82) is 0 Å². The molecule has 0 radical (unpaired) electrons. The molecule has 1 heterocycles. The van der Waals surface area contributed by atoms with Gasteiger partial charge < -0.3 is 10.1 Å². The predicted molar refractivity (Wildman–Crippen MR) is 101 cm³/mol. The van der Waals surface area contributed by atoms with E-state index >= 15 is 0 Å². The SMILES string of the molecule is CCOC(=O)c1nn(-c2ccccc2)c(=O)cc1NC(=O)C1CCCCC1. The molecule has 1 aromatic heterocycles. The topological polar surface area (TPSA) is 90.3 Å². The van der Waals surface area contributed by atoms with Crippen LogP contribution < -0.4 is 10.9 Å². The first-order chi connectivity index (χ1) is 13.1. The molecule has 1 fully saturated rings. The molecule has 0 spiro atoms. The first-order valence-corrected chi connectivity index (χ1v) is 9.28. The van der Waals surface area contributed by atoms with Gasteiger partial charge >= 0.3 is 5.97 Å². The summed E-state index contributed by atoms with van der Waals surface area (Å²) < 4.78 is 6.19. The number of ether oxygens (including phenoxy) is 1. The summed E-state index contributed by atoms with van der Waals surface area (Å²) in [6, 6.07) is 10.0. The number of aromatic nitrogens is 2. The highest BCUT2D eigenvalue weighted by Crippen LogP contribution is 2.25. The summed E-state index contributed by atoms with van der Waals surface area (Å²) in [5.74, 6) is -0.967. The van der Waals surface area contributed by atoms with Crippen LogP contribution in [0.2, 0.25) is 0 Å². The van der Waals surface area contributed by atoms with Crippen LogP contribution in [0.25, 0.3) is 5.69 Å². The summed E-state index contributed by atoms with van der Waals surface area (Å²) in [5.41, 5.74) is 0.108. The van der Waals surface area contributed by atoms with Gasteiger partial charge in [0.15, 0.2) is 5.69 Å². The molecule has 1 aliphatic rings. The van der Waals surface area contributed by atoms with Gasteiger partial charge in [0.2, 0.25) is 5.91 Å². The normalized spacial score (nSPS) is 14.6. The highest BCUT2D eigenvalue weighted by atomic mass is 16.5. The maximum Gasteiger partial charge on any atom is 0.360 e. The molecule has 27 heavy (non-hydrogen) atoms. The molecule has 1 N–H and O–H groups in total. The Morgan fingerprint density at radius 3 is 2.56 bits per heavy atom. The quantitative estimate of drug-likeness (QED) is 0.819. The van der Waals surface area contributed by atoms with Gasteiger partial charge in [0.25, 0.3) is 5.56 Å². The lowest BCUT2D eigenvalue weighted by Crippen LogP contribution is -2.30. The Morgan fingerprint density at radius 2 is 1.89 bits per heavy atom. The summed E-state index contributed by atoms with van der Waals surface area (Å²) in [5, 5.41) is 6.90. The summed E-state index contributed by atoms with van der Waals surface area (Å²) in [7, 11) is 0. The number of para-hydroxylation sites is 1. The Balaban J connectivity index is 1.96. The third-order valence-electron chi connectivity index (χ3n) is 4.64. The lowest BCUT2D eigenvalue weighted by molar-refractivity contribution is -0.120. The number of hydrogen-bond acceptors (Lipinski definition) is 5. The zero-order valence-electron chi connectivity index (χ0n) is 15.3. The molecule has 0 atom stereocenters. The fourth-order valence-corrected chi connectivity index (χ4v) is 3.26. The van der Waals surface area contributed by atoms with Gasteiger partial charge in [-0.3, -0.25) is 9.59 Å². The van der Waals surface area contributed by atoms with Gasteiger partial charge in [0.1, 0.15) is 0 Å². The number of amides is 1. The van der Waals surface area contributed by atoms with Crippen molar-refractivity contribution in [2.75, 3.05) is 11.9 Å². The molecular formula is C20H23N3O4. The summed E-state index contributed by atoms with van der Waals surface area (Å²) in [4.78, 5) is 37.5. The van der Waals surface area contributed by atoms with Crippen molar-refractivity contribution in [3.05, 3.63) is 52.4 Å². The number of anilines is 1. The van der Waals surface area contributed by atoms with Crippen LogP contribution in [0.15, 0.2) is 41.2 Å². The second kappa shape index (κ2) is 8.62. The van der Waals surface area contributed by atoms with Crippen LogP contribution in [0.4, 0.5) is 5.69 Å². The van der Waals surface area contributed by atoms with Crippen LogP contribution in [-0.4, -0.2) is 28.3 Å². The highest BCUT2D eigenvalue weighted by molar-refractivity contribution is 6.00. The number of nitrogens with zero attached hydrogens (tertiary/aromatic N) is 2. The predicted octanol–water partition coefficient (Wildman–Crippen LogP) is 2.93. The fourth-order valence-electron chi connectivity index (χ4n) is 3.26. The lowest BCUT2D eigenvalue weighted by Gasteiger charge is -2.21. The van der Waals surface area contributed by atoms with E-state index in [1.54, 1.807) is 31.2 Å². The maximum absolute atomic E-state index is 12.6. The third-order valence-corrected chi connectivity index (χ3v) is 4.64. The Hall–Kier alpha value is -2.96. The minimum absolute atomic E-state index is 0.0792. The molecule has 1 aliphatic carbocycles. The van der Waals surface area contributed by atoms with Crippen LogP contribution in [0.3, 0.4) is 0 Å². The van der Waals surface area contributed by atoms with Crippen molar-refractivity contribution < 1.29 is 14.3 Å². The number of benzene rings is 1. The van der Waals surface area contributed by atoms with E-state index in [9.17, 15) is 14.4 Å². The van der Waals surface area contributed by atoms with Crippen molar-refractivity contribution in [3.63, 3.8) is 0 Å². The number of carbonyl (C=O) groups excluding carboxylic acids is 2. The van der Waals surface area contributed by atoms with Crippen LogP contribution in [0.5, 0.6) is 0 Å². The summed E-state index contributed by atoms with van der Waals surface area (Å²) >= 11 is 0. The van der Waals surface area contributed by atoms with Gasteiger partial charge in [-0.2, -0.15) is 9.78 Å². The molecule has 2 aromatic rings. The molecule has 7 heteroatoms. The Labute approximate surface area is 157 Å². The summed E-state index contributed by atoms with van der Waals surface area (Å²) in [6.07, 6.45) is 4.78. The average Bonchev–Trinajstić information content (AvgIpc) is 2.69. The van der Waals surface area contributed by atoms with Crippen LogP contribution in [-0.2, 0) is 9.53 Å². The van der Waals surface area contributed by atoms with Gasteiger partial charge in [-0.25, -0.2) is 4.79 Å². The van der Waals surface area contributed by atoms with Crippen LogP contribution >= 0.6 is 0 Å². The fraction of sp³-hybridized carbons (Fsp3) is 0.400. The molecule has 142 valence electrons. The standard InChI is InChI=1S/C20H23N3O4/c1-2-27-20(26)18-16(21-19(25)14-9-5-3-6-10-14)13-17(24)23(22-18)15-11-7-4-8-12-15/h4,7-8,11-14H,2-3,5-6,9-10H2,1H3,(H,21,25). The van der Waals surface area contributed by atoms with E-state index in [0.717, 1.165) is 36.8 Å². The Kier molecular flexibility index (Phi) is 6.01. The van der Waals surface area contributed by atoms with Crippen molar-refractivity contribution >= 4 is 17.6 Å². The largest absolute Gasteiger partial charge is 0.461 e. The van der Waals surface area contributed by atoms with Gasteiger partial charge in [0, 0.05) is 12.0 Å². The molecule has 0 aliphatic heterocycles. The average molecular weight is 369 g/mol. The molecule has 0 unspecified atom stereocenters. The van der Waals surface area contributed by atoms with E-state index in [-0.39, 0.29) is 29.8 Å². The van der Waals surface area contributed by atoms with Crippen molar-refractivity contribution in [3.8, 4) is 5.69 Å². The van der Waals surface area contributed by atoms with Crippen LogP contribution in [0, 0.1) is 5.92 Å². The molecule has 0 saturated heterocycles. The molecule has 1 amide bonds. The van der Waals surface area contributed by atoms with Crippen molar-refractivity contribution in [1.82, 2.24) is 9.78 Å². The molecule has 7 nitrogen and oxygen atoms in total. The zero-order valence-corrected chi connectivity index (χ0v) is 15.3. The summed E-state index contributed by atoms with van der Waals surface area (Å²) in [6.45, 7) is 1.85. The van der Waals surface area contributed by atoms with Gasteiger partial charge in [-0.05, 0) is 31.9 Å². The van der Waals surface area contributed by atoms with E-state index < -0.39 is 11.5 Å². The second-order valence-electron chi connectivity index (χ2n) is 6.54. The molecule has 3 rings (SSSR count). The van der Waals surface area contributed by atoms with Crippen molar-refractivity contribution in [2.24, 2.45) is 5.92 Å². The number of carbonyl (C=O) groups is 2. The van der Waals surface area contributed by atoms with E-state index in [0.29, 0.717) is 5.69 Å². The smallest absolute Gasteiger partial charge is 0.360 e. The zero-order chi connectivity index (χ0) is 19.2. The second-order valence-corrected chi connectivity index (χ2v) is 6.54. The third kappa shape index (κ3) is 4.42. The van der Waals surface area contributed by atoms with Crippen LogP contribution in [0.1, 0.15) is 49.5 Å². The van der Waals surface area contributed by atoms with Gasteiger partial charge in [-0.15, -0.1) is 0 Å². The monoisotopic (exact) mass is 369 g/mol. The minimum atomic E-state index is -0.680. The first kappa shape index (κ1) is 18.8. The van der Waals surface area contributed by atoms with E-state index in [1.807, 2.05) is 6.07 Å². The number of hydrogen-bond donors (Lipinski definition) is 1. The minimum Gasteiger partial charge on any atom is -0.461 e. The molecule has 1 aromatic carbocycles. The van der Waals surface area contributed by atoms with E-state index in [4.69, 9.17) is 4.74 Å².